The van der Waals surface area contributed by atoms with Crippen molar-refractivity contribution in [3.63, 3.8) is 0 Å². The van der Waals surface area contributed by atoms with E-state index in [1.165, 1.54) is 0 Å². The zero-order valence-electron chi connectivity index (χ0n) is 19.0. The number of hydrogen-bond donors (Lipinski definition) is 1. The highest BCUT2D eigenvalue weighted by atomic mass is 79.9. The summed E-state index contributed by atoms with van der Waals surface area (Å²) >= 11 is 3.60. The van der Waals surface area contributed by atoms with Crippen molar-refractivity contribution in [2.45, 2.75) is 25.9 Å². The Morgan fingerprint density at radius 3 is 2.79 bits per heavy atom. The highest BCUT2D eigenvalue weighted by Crippen LogP contribution is 2.28. The minimum Gasteiger partial charge on any atom is -0.343 e. The number of hydrogen-bond acceptors (Lipinski definition) is 7. The van der Waals surface area contributed by atoms with Crippen LogP contribution < -0.4 is 5.32 Å². The maximum absolute atomic E-state index is 13.2. The Morgan fingerprint density at radius 2 is 2.06 bits per heavy atom. The molecule has 1 aliphatic heterocycles. The lowest BCUT2D eigenvalue weighted by Gasteiger charge is -2.38. The second-order valence-corrected chi connectivity index (χ2v) is 9.48. The molecule has 0 bridgehead atoms. The number of aromatic nitrogens is 6. The minimum atomic E-state index is -0.470. The smallest absolute Gasteiger partial charge is 0.244 e. The molecule has 3 aromatic heterocycles. The normalized spacial score (nSPS) is 18.2. The van der Waals surface area contributed by atoms with Gasteiger partial charge in [-0.1, -0.05) is 6.07 Å². The molecule has 33 heavy (non-hydrogen) atoms. The van der Waals surface area contributed by atoms with E-state index in [-0.39, 0.29) is 5.91 Å². The van der Waals surface area contributed by atoms with Crippen LogP contribution in [0.5, 0.6) is 0 Å². The fourth-order valence-electron chi connectivity index (χ4n) is 4.13. The van der Waals surface area contributed by atoms with E-state index in [9.17, 15) is 4.79 Å². The number of benzene rings is 1. The first-order chi connectivity index (χ1) is 15.8. The van der Waals surface area contributed by atoms with E-state index >= 15 is 0 Å². The summed E-state index contributed by atoms with van der Waals surface area (Å²) in [5.74, 6) is 1.06. The zero-order valence-corrected chi connectivity index (χ0v) is 20.6. The molecule has 172 valence electrons. The summed E-state index contributed by atoms with van der Waals surface area (Å²) in [6.45, 7) is 6.29. The van der Waals surface area contributed by atoms with Crippen molar-refractivity contribution < 1.29 is 4.79 Å². The van der Waals surface area contributed by atoms with Gasteiger partial charge < -0.3 is 15.1 Å². The lowest BCUT2D eigenvalue weighted by atomic mass is 10.2. The highest BCUT2D eigenvalue weighted by Gasteiger charge is 2.28. The van der Waals surface area contributed by atoms with Gasteiger partial charge in [-0.3, -0.25) is 9.48 Å². The summed E-state index contributed by atoms with van der Waals surface area (Å²) in [6.07, 6.45) is 3.60. The number of amides is 1. The van der Waals surface area contributed by atoms with Crippen molar-refractivity contribution in [1.82, 2.24) is 39.2 Å². The number of carbonyl (C=O) groups is 1. The molecule has 2 atom stereocenters. The number of anilines is 1. The van der Waals surface area contributed by atoms with Crippen LogP contribution in [0, 0.1) is 0 Å². The Hall–Kier alpha value is -3.05. The van der Waals surface area contributed by atoms with Gasteiger partial charge in [0.15, 0.2) is 11.5 Å². The summed E-state index contributed by atoms with van der Waals surface area (Å²) in [5.41, 5.74) is 2.23. The first-order valence-electron chi connectivity index (χ1n) is 10.9. The number of likely N-dealkylation sites (N-methyl/N-ethyl adjacent to an activating group) is 1. The number of carbonyl (C=O) groups excluding carboxylic acids is 1. The van der Waals surface area contributed by atoms with Crippen LogP contribution in [0.2, 0.25) is 0 Å². The topological polar surface area (TPSA) is 96.5 Å². The molecule has 1 fully saturated rings. The van der Waals surface area contributed by atoms with Gasteiger partial charge in [0.2, 0.25) is 11.9 Å². The molecule has 4 heterocycles. The Labute approximate surface area is 199 Å². The fraction of sp³-hybridized carbons (Fsp3) is 0.409. The molecule has 10 nitrogen and oxygen atoms in total. The van der Waals surface area contributed by atoms with Crippen LogP contribution in [-0.2, 0) is 11.8 Å². The van der Waals surface area contributed by atoms with Crippen LogP contribution >= 0.6 is 15.9 Å². The van der Waals surface area contributed by atoms with Gasteiger partial charge in [0.05, 0.1) is 17.3 Å². The van der Waals surface area contributed by atoms with E-state index in [4.69, 9.17) is 15.1 Å². The standard InChI is InChI=1S/C22H26BrN9O/c1-13-11-31(9-8-29(13)3)21(33)14(2)25-22-26-18-16(6-5-7-17(18)23)20-27-19(28-32(20)22)15-10-24-30(4)12-15/h5-7,10,12-14H,8-9,11H2,1-4H3,(H,25,26)/t13-,14-/m1/s1. The Bertz CT molecular complexity index is 1350. The van der Waals surface area contributed by atoms with Crippen molar-refractivity contribution >= 4 is 44.3 Å². The molecule has 1 amide bonds. The van der Waals surface area contributed by atoms with Gasteiger partial charge in [-0.15, -0.1) is 5.10 Å². The predicted octanol–water partition coefficient (Wildman–Crippen LogP) is 2.40. The van der Waals surface area contributed by atoms with Gasteiger partial charge in [0.1, 0.15) is 6.04 Å². The van der Waals surface area contributed by atoms with Gasteiger partial charge in [0.25, 0.3) is 0 Å². The monoisotopic (exact) mass is 511 g/mol. The van der Waals surface area contributed by atoms with E-state index in [0.29, 0.717) is 36.6 Å². The van der Waals surface area contributed by atoms with Gasteiger partial charge >= 0.3 is 0 Å². The second-order valence-electron chi connectivity index (χ2n) is 8.62. The third-order valence-electron chi connectivity index (χ3n) is 6.20. The number of halogens is 1. The molecule has 4 aromatic rings. The van der Waals surface area contributed by atoms with E-state index in [2.05, 4.69) is 45.2 Å². The molecule has 1 N–H and O–H groups in total. The molecule has 1 aromatic carbocycles. The maximum atomic E-state index is 13.2. The predicted molar refractivity (Wildman–Crippen MR) is 130 cm³/mol. The Balaban J connectivity index is 1.54. The van der Waals surface area contributed by atoms with Crippen LogP contribution in [0.3, 0.4) is 0 Å². The molecule has 0 radical (unpaired) electrons. The largest absolute Gasteiger partial charge is 0.343 e. The average Bonchev–Trinajstić information content (AvgIpc) is 3.43. The third kappa shape index (κ3) is 3.95. The van der Waals surface area contributed by atoms with Crippen LogP contribution in [-0.4, -0.2) is 83.8 Å². The molecule has 1 saturated heterocycles. The van der Waals surface area contributed by atoms with Crippen LogP contribution in [0.1, 0.15) is 13.8 Å². The van der Waals surface area contributed by atoms with Crippen molar-refractivity contribution in [3.8, 4) is 11.4 Å². The SMILES string of the molecule is C[C@@H]1CN(C(=O)[C@@H](C)Nc2nc3c(Br)cccc3c3nc(-c4cnn(C)c4)nn23)CCN1C. The van der Waals surface area contributed by atoms with Gasteiger partial charge in [-0.25, -0.2) is 9.97 Å². The number of nitrogens with one attached hydrogen (secondary N) is 1. The summed E-state index contributed by atoms with van der Waals surface area (Å²) in [7, 11) is 3.94. The van der Waals surface area contributed by atoms with E-state index < -0.39 is 6.04 Å². The Morgan fingerprint density at radius 1 is 1.24 bits per heavy atom. The number of aryl methyl sites for hydroxylation is 1. The van der Waals surface area contributed by atoms with Gasteiger partial charge in [-0.05, 0) is 49.0 Å². The molecular weight excluding hydrogens is 486 g/mol. The first kappa shape index (κ1) is 21.8. The van der Waals surface area contributed by atoms with E-state index in [1.807, 2.05) is 43.3 Å². The lowest BCUT2D eigenvalue weighted by molar-refractivity contribution is -0.134. The molecule has 0 unspecified atom stereocenters. The Kier molecular flexibility index (Phi) is 5.53. The van der Waals surface area contributed by atoms with Crippen LogP contribution in [0.25, 0.3) is 27.9 Å². The number of rotatable bonds is 4. The quantitative estimate of drug-likeness (QED) is 0.449. The third-order valence-corrected chi connectivity index (χ3v) is 6.84. The maximum Gasteiger partial charge on any atom is 0.244 e. The molecule has 0 aliphatic carbocycles. The molecule has 11 heteroatoms. The van der Waals surface area contributed by atoms with Crippen molar-refractivity contribution in [2.75, 3.05) is 32.0 Å². The van der Waals surface area contributed by atoms with Crippen molar-refractivity contribution in [1.29, 1.82) is 0 Å². The average molecular weight is 512 g/mol. The number of piperazine rings is 1. The van der Waals surface area contributed by atoms with E-state index in [0.717, 1.165) is 27.5 Å². The molecule has 0 saturated carbocycles. The zero-order chi connectivity index (χ0) is 23.3. The van der Waals surface area contributed by atoms with Crippen LogP contribution in [0.15, 0.2) is 35.1 Å². The second kappa shape index (κ2) is 8.38. The fourth-order valence-corrected chi connectivity index (χ4v) is 4.58. The molecular formula is C22H26BrN9O. The summed E-state index contributed by atoms with van der Waals surface area (Å²) in [6, 6.07) is 5.71. The summed E-state index contributed by atoms with van der Waals surface area (Å²) < 4.78 is 4.24. The van der Waals surface area contributed by atoms with Crippen LogP contribution in [0.4, 0.5) is 5.95 Å². The lowest BCUT2D eigenvalue weighted by Crippen LogP contribution is -2.54. The number of para-hydroxylation sites is 1. The first-order valence-corrected chi connectivity index (χ1v) is 11.7. The number of fused-ring (bicyclic) bond motifs is 3. The van der Waals surface area contributed by atoms with Crippen molar-refractivity contribution in [2.24, 2.45) is 7.05 Å². The molecule has 1 aliphatic rings. The highest BCUT2D eigenvalue weighted by molar-refractivity contribution is 9.10. The minimum absolute atomic E-state index is 0.0460. The summed E-state index contributed by atoms with van der Waals surface area (Å²) in [4.78, 5) is 27.0. The molecule has 0 spiro atoms. The van der Waals surface area contributed by atoms with E-state index in [1.54, 1.807) is 15.4 Å². The molecule has 5 rings (SSSR count). The summed E-state index contributed by atoms with van der Waals surface area (Å²) in [5, 5.41) is 13.1. The number of nitrogens with zero attached hydrogens (tertiary/aromatic N) is 8. The van der Waals surface area contributed by atoms with Gasteiger partial charge in [0, 0.05) is 48.8 Å². The van der Waals surface area contributed by atoms with Gasteiger partial charge in [-0.2, -0.15) is 9.61 Å². The van der Waals surface area contributed by atoms with Crippen molar-refractivity contribution in [3.05, 3.63) is 35.1 Å².